The highest BCUT2D eigenvalue weighted by atomic mass is 19.4. The first-order chi connectivity index (χ1) is 16.2. The van der Waals surface area contributed by atoms with E-state index in [-0.39, 0.29) is 37.5 Å². The van der Waals surface area contributed by atoms with Gasteiger partial charge in [0, 0.05) is 24.6 Å². The number of piperidine rings is 1. The van der Waals surface area contributed by atoms with E-state index in [1.807, 2.05) is 0 Å². The molecule has 1 saturated heterocycles. The number of alkyl halides is 3. The second kappa shape index (κ2) is 10.1. The summed E-state index contributed by atoms with van der Waals surface area (Å²) in [6.45, 7) is 3.60. The maximum absolute atomic E-state index is 13.7. The zero-order valence-corrected chi connectivity index (χ0v) is 19.7. The van der Waals surface area contributed by atoms with Gasteiger partial charge >= 0.3 is 6.18 Å². The first kappa shape index (κ1) is 24.7. The number of fused-ring (bicyclic) bond motifs is 1. The minimum atomic E-state index is -4.56. The van der Waals surface area contributed by atoms with Crippen molar-refractivity contribution >= 4 is 5.91 Å². The minimum Gasteiger partial charge on any atom is -0.336 e. The van der Waals surface area contributed by atoms with Gasteiger partial charge in [-0.2, -0.15) is 18.3 Å². The van der Waals surface area contributed by atoms with E-state index in [2.05, 4.69) is 24.0 Å². The summed E-state index contributed by atoms with van der Waals surface area (Å²) in [7, 11) is 2.13. The average molecular weight is 481 g/mol. The molecule has 2 aliphatic heterocycles. The van der Waals surface area contributed by atoms with E-state index in [1.165, 1.54) is 28.9 Å². The van der Waals surface area contributed by atoms with Gasteiger partial charge in [0.15, 0.2) is 5.69 Å². The summed E-state index contributed by atoms with van der Waals surface area (Å²) in [6, 6.07) is 6.11. The third-order valence-corrected chi connectivity index (χ3v) is 7.21. The SMILES string of the molecule is CCCC1CC(CC(=O)N2CCc3c(C(F)(F)F)nn(Cc4ccc(F)cc4)c3C2)CCN1C. The van der Waals surface area contributed by atoms with Gasteiger partial charge in [0.1, 0.15) is 5.82 Å². The number of rotatable bonds is 6. The fraction of sp³-hybridized carbons (Fsp3) is 0.600. The molecule has 5 nitrogen and oxygen atoms in total. The van der Waals surface area contributed by atoms with E-state index in [0.717, 1.165) is 32.2 Å². The van der Waals surface area contributed by atoms with E-state index in [0.29, 0.717) is 29.6 Å². The lowest BCUT2D eigenvalue weighted by Crippen LogP contribution is -2.42. The van der Waals surface area contributed by atoms with Crippen molar-refractivity contribution in [2.45, 2.75) is 70.8 Å². The molecule has 0 bridgehead atoms. The molecule has 2 unspecified atom stereocenters. The number of hydrogen-bond donors (Lipinski definition) is 0. The molecule has 1 aromatic heterocycles. The first-order valence-corrected chi connectivity index (χ1v) is 12.0. The van der Waals surface area contributed by atoms with E-state index < -0.39 is 17.7 Å². The monoisotopic (exact) mass is 480 g/mol. The van der Waals surface area contributed by atoms with Gasteiger partial charge in [-0.1, -0.05) is 25.5 Å². The number of carbonyl (C=O) groups excluding carboxylic acids is 1. The molecule has 34 heavy (non-hydrogen) atoms. The van der Waals surface area contributed by atoms with Gasteiger partial charge in [-0.05, 0) is 62.9 Å². The molecule has 9 heteroatoms. The number of likely N-dealkylation sites (tertiary alicyclic amines) is 1. The third kappa shape index (κ3) is 5.45. The lowest BCUT2D eigenvalue weighted by Gasteiger charge is -2.38. The highest BCUT2D eigenvalue weighted by molar-refractivity contribution is 5.76. The largest absolute Gasteiger partial charge is 0.435 e. The van der Waals surface area contributed by atoms with Crippen LogP contribution in [0, 0.1) is 11.7 Å². The standard InChI is InChI=1S/C25H32F4N4O/c1-3-4-20-13-18(9-11-31(20)2)14-23(34)32-12-10-21-22(16-32)33(30-24(21)25(27,28)29)15-17-5-7-19(26)8-6-17/h5-8,18,20H,3-4,9-16H2,1-2H3. The van der Waals surface area contributed by atoms with Crippen molar-refractivity contribution in [3.8, 4) is 0 Å². The van der Waals surface area contributed by atoms with E-state index in [4.69, 9.17) is 0 Å². The van der Waals surface area contributed by atoms with Crippen LogP contribution in [0.15, 0.2) is 24.3 Å². The van der Waals surface area contributed by atoms with Gasteiger partial charge in [-0.15, -0.1) is 0 Å². The molecule has 0 saturated carbocycles. The number of aromatic nitrogens is 2. The number of benzene rings is 1. The summed E-state index contributed by atoms with van der Waals surface area (Å²) in [5, 5.41) is 3.88. The van der Waals surface area contributed by atoms with Crippen LogP contribution in [0.2, 0.25) is 0 Å². The van der Waals surface area contributed by atoms with Gasteiger partial charge in [-0.25, -0.2) is 4.39 Å². The Morgan fingerprint density at radius 2 is 1.91 bits per heavy atom. The molecule has 1 amide bonds. The van der Waals surface area contributed by atoms with Crippen LogP contribution in [0.5, 0.6) is 0 Å². The Balaban J connectivity index is 1.50. The summed E-state index contributed by atoms with van der Waals surface area (Å²) < 4.78 is 55.6. The second-order valence-corrected chi connectivity index (χ2v) is 9.64. The van der Waals surface area contributed by atoms with E-state index in [9.17, 15) is 22.4 Å². The third-order valence-electron chi connectivity index (χ3n) is 7.21. The predicted molar refractivity (Wildman–Crippen MR) is 121 cm³/mol. The maximum Gasteiger partial charge on any atom is 0.435 e. The van der Waals surface area contributed by atoms with Crippen LogP contribution in [0.25, 0.3) is 0 Å². The summed E-state index contributed by atoms with van der Waals surface area (Å²) in [5.74, 6) is -0.107. The van der Waals surface area contributed by atoms with Crippen molar-refractivity contribution in [1.82, 2.24) is 19.6 Å². The molecular formula is C25H32F4N4O. The number of hydrogen-bond acceptors (Lipinski definition) is 3. The molecule has 1 aromatic carbocycles. The molecule has 2 atom stereocenters. The summed E-state index contributed by atoms with van der Waals surface area (Å²) >= 11 is 0. The zero-order chi connectivity index (χ0) is 24.5. The van der Waals surface area contributed by atoms with Crippen molar-refractivity contribution in [2.24, 2.45) is 5.92 Å². The van der Waals surface area contributed by atoms with Crippen LogP contribution in [-0.4, -0.2) is 51.7 Å². The Hall–Kier alpha value is -2.42. The van der Waals surface area contributed by atoms with Crippen LogP contribution < -0.4 is 0 Å². The smallest absolute Gasteiger partial charge is 0.336 e. The van der Waals surface area contributed by atoms with Crippen molar-refractivity contribution in [1.29, 1.82) is 0 Å². The first-order valence-electron chi connectivity index (χ1n) is 12.0. The predicted octanol–water partition coefficient (Wildman–Crippen LogP) is 4.87. The molecule has 0 radical (unpaired) electrons. The lowest BCUT2D eigenvalue weighted by molar-refractivity contribution is -0.142. The Bertz CT molecular complexity index is 1000. The van der Waals surface area contributed by atoms with Crippen molar-refractivity contribution in [3.05, 3.63) is 52.6 Å². The molecular weight excluding hydrogens is 448 g/mol. The fourth-order valence-corrected chi connectivity index (χ4v) is 5.30. The Kier molecular flexibility index (Phi) is 7.31. The van der Waals surface area contributed by atoms with Gasteiger partial charge in [0.2, 0.25) is 5.91 Å². The Morgan fingerprint density at radius 3 is 2.59 bits per heavy atom. The summed E-state index contributed by atoms with van der Waals surface area (Å²) in [5.41, 5.74) is 0.357. The quantitative estimate of drug-likeness (QED) is 0.554. The molecule has 0 N–H and O–H groups in total. The van der Waals surface area contributed by atoms with Crippen molar-refractivity contribution < 1.29 is 22.4 Å². The molecule has 4 rings (SSSR count). The summed E-state index contributed by atoms with van der Waals surface area (Å²) in [4.78, 5) is 17.2. The normalized spacial score (nSPS) is 21.5. The lowest BCUT2D eigenvalue weighted by atomic mass is 9.86. The van der Waals surface area contributed by atoms with Crippen LogP contribution in [-0.2, 0) is 30.5 Å². The highest BCUT2D eigenvalue weighted by Gasteiger charge is 2.41. The van der Waals surface area contributed by atoms with Crippen LogP contribution >= 0.6 is 0 Å². The van der Waals surface area contributed by atoms with Gasteiger partial charge in [0.05, 0.1) is 18.8 Å². The molecule has 2 aromatic rings. The number of carbonyl (C=O) groups is 1. The van der Waals surface area contributed by atoms with Gasteiger partial charge in [-0.3, -0.25) is 9.48 Å². The zero-order valence-electron chi connectivity index (χ0n) is 19.7. The maximum atomic E-state index is 13.7. The van der Waals surface area contributed by atoms with Crippen LogP contribution in [0.3, 0.4) is 0 Å². The molecule has 3 heterocycles. The molecule has 0 spiro atoms. The number of halogens is 4. The molecule has 1 fully saturated rings. The van der Waals surface area contributed by atoms with Crippen LogP contribution in [0.1, 0.15) is 61.5 Å². The number of nitrogens with zero attached hydrogens (tertiary/aromatic N) is 4. The fourth-order valence-electron chi connectivity index (χ4n) is 5.30. The van der Waals surface area contributed by atoms with Crippen molar-refractivity contribution in [3.63, 3.8) is 0 Å². The summed E-state index contributed by atoms with van der Waals surface area (Å²) in [6.07, 6.45) is 0.152. The topological polar surface area (TPSA) is 41.4 Å². The average Bonchev–Trinajstić information content (AvgIpc) is 3.16. The molecule has 0 aliphatic carbocycles. The highest BCUT2D eigenvalue weighted by Crippen LogP contribution is 2.36. The van der Waals surface area contributed by atoms with Gasteiger partial charge < -0.3 is 9.80 Å². The Labute approximate surface area is 197 Å². The molecule has 2 aliphatic rings. The van der Waals surface area contributed by atoms with E-state index in [1.54, 1.807) is 4.90 Å². The Morgan fingerprint density at radius 1 is 1.18 bits per heavy atom. The van der Waals surface area contributed by atoms with Crippen molar-refractivity contribution in [2.75, 3.05) is 20.1 Å². The number of amides is 1. The van der Waals surface area contributed by atoms with Crippen LogP contribution in [0.4, 0.5) is 17.6 Å². The van der Waals surface area contributed by atoms with E-state index >= 15 is 0 Å². The van der Waals surface area contributed by atoms with Gasteiger partial charge in [0.25, 0.3) is 0 Å². The molecule has 186 valence electrons. The minimum absolute atomic E-state index is 0.00135. The second-order valence-electron chi connectivity index (χ2n) is 9.64.